The van der Waals surface area contributed by atoms with E-state index in [1.807, 2.05) is 0 Å². The van der Waals surface area contributed by atoms with Crippen molar-refractivity contribution in [2.24, 2.45) is 0 Å². The van der Waals surface area contributed by atoms with Gasteiger partial charge >= 0.3 is 0 Å². The highest BCUT2D eigenvalue weighted by Crippen LogP contribution is 1.97. The molecular formula is C7H10O2. The molecule has 9 heavy (non-hydrogen) atoms. The third kappa shape index (κ3) is 4.94. The quantitative estimate of drug-likeness (QED) is 0.419. The van der Waals surface area contributed by atoms with Crippen molar-refractivity contribution in [3.05, 3.63) is 11.6 Å². The zero-order chi connectivity index (χ0) is 7.28. The second kappa shape index (κ2) is 4.01. The van der Waals surface area contributed by atoms with E-state index in [1.165, 1.54) is 13.0 Å². The van der Waals surface area contributed by atoms with Crippen LogP contribution in [0.1, 0.15) is 20.3 Å². The third-order valence-corrected chi connectivity index (χ3v) is 0.880. The molecule has 50 valence electrons. The van der Waals surface area contributed by atoms with Gasteiger partial charge in [-0.2, -0.15) is 0 Å². The SMILES string of the molecule is CC(=O)CC(C)=CC=O. The summed E-state index contributed by atoms with van der Waals surface area (Å²) >= 11 is 0. The van der Waals surface area contributed by atoms with Crippen LogP contribution in [0.5, 0.6) is 0 Å². The topological polar surface area (TPSA) is 34.1 Å². The standard InChI is InChI=1S/C7H10O2/c1-6(3-4-8)5-7(2)9/h3-4H,5H2,1-2H3. The first-order valence-electron chi connectivity index (χ1n) is 2.77. The second-order valence-corrected chi connectivity index (χ2v) is 2.03. The lowest BCUT2D eigenvalue weighted by Crippen LogP contribution is -1.89. The lowest BCUT2D eigenvalue weighted by Gasteiger charge is -1.90. The van der Waals surface area contributed by atoms with Crippen molar-refractivity contribution in [3.63, 3.8) is 0 Å². The molecule has 0 spiro atoms. The molecule has 0 amide bonds. The summed E-state index contributed by atoms with van der Waals surface area (Å²) in [5.41, 5.74) is 0.817. The Kier molecular flexibility index (Phi) is 3.60. The Morgan fingerprint density at radius 1 is 1.44 bits per heavy atom. The molecule has 0 saturated carbocycles. The molecule has 0 aliphatic heterocycles. The van der Waals surface area contributed by atoms with Crippen LogP contribution < -0.4 is 0 Å². The van der Waals surface area contributed by atoms with Crippen molar-refractivity contribution >= 4 is 12.1 Å². The molecule has 2 nitrogen and oxygen atoms in total. The first kappa shape index (κ1) is 8.08. The zero-order valence-electron chi connectivity index (χ0n) is 5.68. The summed E-state index contributed by atoms with van der Waals surface area (Å²) in [6.07, 6.45) is 2.48. The van der Waals surface area contributed by atoms with Crippen LogP contribution in [-0.2, 0) is 9.59 Å². The molecule has 0 unspecified atom stereocenters. The molecule has 0 N–H and O–H groups in total. The Morgan fingerprint density at radius 2 is 2.00 bits per heavy atom. The average Bonchev–Trinajstić information content (AvgIpc) is 1.63. The summed E-state index contributed by atoms with van der Waals surface area (Å²) in [6.45, 7) is 3.26. The molecule has 0 atom stereocenters. The second-order valence-electron chi connectivity index (χ2n) is 2.03. The predicted octanol–water partition coefficient (Wildman–Crippen LogP) is 1.11. The normalized spacial score (nSPS) is 11.1. The largest absolute Gasteiger partial charge is 0.300 e. The fraction of sp³-hybridized carbons (Fsp3) is 0.429. The lowest BCUT2D eigenvalue weighted by molar-refractivity contribution is -0.116. The Labute approximate surface area is 54.6 Å². The van der Waals surface area contributed by atoms with Crippen molar-refractivity contribution in [1.29, 1.82) is 0 Å². The Bertz CT molecular complexity index is 145. The highest BCUT2D eigenvalue weighted by atomic mass is 16.1. The first-order valence-corrected chi connectivity index (χ1v) is 2.77. The van der Waals surface area contributed by atoms with Gasteiger partial charge in [0.15, 0.2) is 0 Å². The molecule has 0 aliphatic rings. The van der Waals surface area contributed by atoms with E-state index in [1.54, 1.807) is 6.92 Å². The number of hydrogen-bond donors (Lipinski definition) is 0. The van der Waals surface area contributed by atoms with E-state index in [2.05, 4.69) is 0 Å². The summed E-state index contributed by atoms with van der Waals surface area (Å²) in [5, 5.41) is 0. The van der Waals surface area contributed by atoms with E-state index in [0.717, 1.165) is 5.57 Å². The van der Waals surface area contributed by atoms with E-state index in [-0.39, 0.29) is 5.78 Å². The lowest BCUT2D eigenvalue weighted by atomic mass is 10.1. The van der Waals surface area contributed by atoms with E-state index in [4.69, 9.17) is 0 Å². The van der Waals surface area contributed by atoms with Crippen LogP contribution in [0, 0.1) is 0 Å². The van der Waals surface area contributed by atoms with Crippen LogP contribution in [-0.4, -0.2) is 12.1 Å². The fourth-order valence-corrected chi connectivity index (χ4v) is 0.568. The van der Waals surface area contributed by atoms with Gasteiger partial charge in [0.05, 0.1) is 0 Å². The summed E-state index contributed by atoms with van der Waals surface area (Å²) in [5.74, 6) is 0.0885. The van der Waals surface area contributed by atoms with Crippen LogP contribution in [0.2, 0.25) is 0 Å². The molecule has 0 aromatic heterocycles. The Hall–Kier alpha value is -0.920. The molecule has 0 heterocycles. The van der Waals surface area contributed by atoms with E-state index < -0.39 is 0 Å². The molecule has 0 aromatic rings. The summed E-state index contributed by atoms with van der Waals surface area (Å²) < 4.78 is 0. The first-order chi connectivity index (χ1) is 4.16. The highest BCUT2D eigenvalue weighted by Gasteiger charge is 1.92. The van der Waals surface area contributed by atoms with E-state index in [0.29, 0.717) is 12.7 Å². The number of aldehydes is 1. The monoisotopic (exact) mass is 126 g/mol. The van der Waals surface area contributed by atoms with Crippen molar-refractivity contribution in [1.82, 2.24) is 0 Å². The molecule has 0 saturated heterocycles. The minimum absolute atomic E-state index is 0.0885. The third-order valence-electron chi connectivity index (χ3n) is 0.880. The molecular weight excluding hydrogens is 116 g/mol. The number of rotatable bonds is 3. The predicted molar refractivity (Wildman–Crippen MR) is 35.1 cm³/mol. The van der Waals surface area contributed by atoms with Gasteiger partial charge in [-0.05, 0) is 19.9 Å². The number of carbonyl (C=O) groups is 2. The van der Waals surface area contributed by atoms with Gasteiger partial charge < -0.3 is 0 Å². The van der Waals surface area contributed by atoms with Gasteiger partial charge in [-0.3, -0.25) is 9.59 Å². The van der Waals surface area contributed by atoms with Crippen molar-refractivity contribution in [2.45, 2.75) is 20.3 Å². The van der Waals surface area contributed by atoms with Gasteiger partial charge in [0, 0.05) is 6.42 Å². The number of carbonyl (C=O) groups excluding carboxylic acids is 2. The Balaban J connectivity index is 3.75. The van der Waals surface area contributed by atoms with Crippen LogP contribution in [0.3, 0.4) is 0 Å². The molecule has 0 bridgehead atoms. The fourth-order valence-electron chi connectivity index (χ4n) is 0.568. The van der Waals surface area contributed by atoms with Gasteiger partial charge in [-0.25, -0.2) is 0 Å². The van der Waals surface area contributed by atoms with E-state index in [9.17, 15) is 9.59 Å². The summed E-state index contributed by atoms with van der Waals surface area (Å²) in [6, 6.07) is 0. The van der Waals surface area contributed by atoms with Crippen LogP contribution in [0.4, 0.5) is 0 Å². The molecule has 0 aromatic carbocycles. The number of allylic oxidation sites excluding steroid dienone is 2. The average molecular weight is 126 g/mol. The zero-order valence-corrected chi connectivity index (χ0v) is 5.68. The molecule has 2 heteroatoms. The summed E-state index contributed by atoms with van der Waals surface area (Å²) in [4.78, 5) is 20.2. The smallest absolute Gasteiger partial charge is 0.142 e. The van der Waals surface area contributed by atoms with Gasteiger partial charge in [0.25, 0.3) is 0 Å². The summed E-state index contributed by atoms with van der Waals surface area (Å²) in [7, 11) is 0. The molecule has 0 fully saturated rings. The van der Waals surface area contributed by atoms with Crippen molar-refractivity contribution < 1.29 is 9.59 Å². The van der Waals surface area contributed by atoms with Gasteiger partial charge in [-0.15, -0.1) is 0 Å². The van der Waals surface area contributed by atoms with Gasteiger partial charge in [0.2, 0.25) is 0 Å². The molecule has 0 radical (unpaired) electrons. The number of Topliss-reactive ketones (excluding diaryl/α,β-unsaturated/α-hetero) is 1. The van der Waals surface area contributed by atoms with E-state index >= 15 is 0 Å². The number of hydrogen-bond acceptors (Lipinski definition) is 2. The van der Waals surface area contributed by atoms with Gasteiger partial charge in [-0.1, -0.05) is 5.57 Å². The van der Waals surface area contributed by atoms with Crippen LogP contribution >= 0.6 is 0 Å². The number of ketones is 1. The minimum Gasteiger partial charge on any atom is -0.300 e. The van der Waals surface area contributed by atoms with Crippen LogP contribution in [0.25, 0.3) is 0 Å². The maximum Gasteiger partial charge on any atom is 0.142 e. The maximum atomic E-state index is 10.4. The van der Waals surface area contributed by atoms with Crippen molar-refractivity contribution in [2.75, 3.05) is 0 Å². The maximum absolute atomic E-state index is 10.4. The molecule has 0 rings (SSSR count). The van der Waals surface area contributed by atoms with Crippen LogP contribution in [0.15, 0.2) is 11.6 Å². The van der Waals surface area contributed by atoms with Crippen molar-refractivity contribution in [3.8, 4) is 0 Å². The molecule has 0 aliphatic carbocycles. The van der Waals surface area contributed by atoms with Gasteiger partial charge in [0.1, 0.15) is 12.1 Å². The minimum atomic E-state index is 0.0885. The highest BCUT2D eigenvalue weighted by molar-refractivity contribution is 5.79. The Morgan fingerprint density at radius 3 is 2.33 bits per heavy atom.